The lowest BCUT2D eigenvalue weighted by Crippen LogP contribution is -2.58. The predicted octanol–water partition coefficient (Wildman–Crippen LogP) is 6.58. The molecule has 1 fully saturated rings. The largest absolute Gasteiger partial charge is 0.435 e. The Morgan fingerprint density at radius 2 is 1.74 bits per heavy atom. The second kappa shape index (κ2) is 10.9. The van der Waals surface area contributed by atoms with Crippen LogP contribution in [0.5, 0.6) is 0 Å². The summed E-state index contributed by atoms with van der Waals surface area (Å²) in [4.78, 5) is 30.4. The zero-order valence-corrected chi connectivity index (χ0v) is 22.1. The average molecular weight is 631 g/mol. The molecule has 2 aliphatic heterocycles. The Bertz CT molecular complexity index is 1410. The second-order valence-corrected chi connectivity index (χ2v) is 10.1. The van der Waals surface area contributed by atoms with E-state index in [0.717, 1.165) is 18.2 Å². The first-order valence-corrected chi connectivity index (χ1v) is 12.4. The van der Waals surface area contributed by atoms with Crippen LogP contribution in [-0.2, 0) is 16.6 Å². The lowest BCUT2D eigenvalue weighted by atomic mass is 9.85. The molecule has 2 aromatic carbocycles. The van der Waals surface area contributed by atoms with E-state index in [1.807, 2.05) is 5.43 Å². The molecule has 1 unspecified atom stereocenters. The zero-order valence-electron chi connectivity index (χ0n) is 21.3. The van der Waals surface area contributed by atoms with Crippen LogP contribution in [0.4, 0.5) is 44.3 Å². The van der Waals surface area contributed by atoms with Crippen molar-refractivity contribution in [2.75, 3.05) is 19.6 Å². The first-order valence-electron chi connectivity index (χ1n) is 12.1. The van der Waals surface area contributed by atoms with Crippen LogP contribution in [0.1, 0.15) is 45.5 Å². The summed E-state index contributed by atoms with van der Waals surface area (Å²) in [5.74, 6) is -1.47. The number of amides is 3. The second-order valence-electron chi connectivity index (χ2n) is 9.67. The number of benzene rings is 2. The molecule has 1 atom stereocenters. The van der Waals surface area contributed by atoms with E-state index in [0.29, 0.717) is 27.6 Å². The highest BCUT2D eigenvalue weighted by molar-refractivity contribution is 6.30. The smallest absolute Gasteiger partial charge is 0.374 e. The van der Waals surface area contributed by atoms with Crippen molar-refractivity contribution >= 4 is 29.3 Å². The molecule has 2 aromatic rings. The number of carbonyl (C=O) groups is 2. The van der Waals surface area contributed by atoms with E-state index in [1.54, 1.807) is 0 Å². The van der Waals surface area contributed by atoms with Gasteiger partial charge in [-0.3, -0.25) is 10.2 Å². The van der Waals surface area contributed by atoms with Crippen molar-refractivity contribution in [3.05, 3.63) is 69.2 Å². The van der Waals surface area contributed by atoms with Crippen molar-refractivity contribution in [1.82, 2.24) is 15.3 Å². The number of hydrazine groups is 1. The highest BCUT2D eigenvalue weighted by Gasteiger charge is 2.62. The maximum absolute atomic E-state index is 14.3. The van der Waals surface area contributed by atoms with E-state index in [-0.39, 0.29) is 24.5 Å². The summed E-state index contributed by atoms with van der Waals surface area (Å²) in [5, 5.41) is 3.87. The van der Waals surface area contributed by atoms with Crippen LogP contribution >= 0.6 is 11.6 Å². The number of hydrogen-bond acceptors (Lipinski definition) is 4. The lowest BCUT2D eigenvalue weighted by molar-refractivity contribution is -0.275. The van der Waals surface area contributed by atoms with Crippen LogP contribution < -0.4 is 5.43 Å². The van der Waals surface area contributed by atoms with E-state index in [4.69, 9.17) is 16.4 Å². The summed E-state index contributed by atoms with van der Waals surface area (Å²) in [6.07, 6.45) is -16.0. The van der Waals surface area contributed by atoms with E-state index >= 15 is 0 Å². The van der Waals surface area contributed by atoms with Crippen LogP contribution in [0.3, 0.4) is 0 Å². The maximum atomic E-state index is 14.3. The van der Waals surface area contributed by atoms with E-state index in [9.17, 15) is 49.1 Å². The minimum Gasteiger partial charge on any atom is -0.374 e. The van der Waals surface area contributed by atoms with Crippen LogP contribution in [0.25, 0.3) is 0 Å². The van der Waals surface area contributed by atoms with Gasteiger partial charge in [-0.05, 0) is 43.2 Å². The summed E-state index contributed by atoms with van der Waals surface area (Å²) >= 11 is 5.93. The first-order chi connectivity index (χ1) is 19.3. The zero-order chi connectivity index (χ0) is 31.3. The van der Waals surface area contributed by atoms with Gasteiger partial charge >= 0.3 is 24.6 Å². The predicted molar refractivity (Wildman–Crippen MR) is 129 cm³/mol. The van der Waals surface area contributed by atoms with Crippen molar-refractivity contribution in [3.8, 4) is 0 Å². The molecular weight excluding hydrogens is 611 g/mol. The van der Waals surface area contributed by atoms with Crippen LogP contribution in [0, 0.1) is 6.92 Å². The van der Waals surface area contributed by atoms with Crippen molar-refractivity contribution in [1.29, 1.82) is 0 Å². The topological polar surface area (TPSA) is 74.2 Å². The molecule has 0 spiro atoms. The number of halogens is 10. The molecule has 1 saturated heterocycles. The number of oxime groups is 1. The van der Waals surface area contributed by atoms with Crippen LogP contribution in [-0.4, -0.2) is 59.5 Å². The normalized spacial score (nSPS) is 20.0. The molecule has 7 nitrogen and oxygen atoms in total. The van der Waals surface area contributed by atoms with E-state index < -0.39 is 77.0 Å². The number of nitrogens with zero attached hydrogens (tertiary/aromatic N) is 3. The quantitative estimate of drug-likeness (QED) is 0.379. The number of alkyl halides is 9. The third-order valence-corrected chi connectivity index (χ3v) is 6.73. The van der Waals surface area contributed by atoms with E-state index in [1.165, 1.54) is 13.0 Å². The van der Waals surface area contributed by atoms with Crippen LogP contribution in [0.15, 0.2) is 41.6 Å². The lowest BCUT2D eigenvalue weighted by Gasteiger charge is -2.35. The number of aryl methyl sites for hydroxylation is 1. The van der Waals surface area contributed by atoms with Gasteiger partial charge in [0.2, 0.25) is 0 Å². The molecule has 0 bridgehead atoms. The van der Waals surface area contributed by atoms with Crippen molar-refractivity contribution in [2.24, 2.45) is 5.16 Å². The summed E-state index contributed by atoms with van der Waals surface area (Å²) in [7, 11) is 0. The van der Waals surface area contributed by atoms with Crippen molar-refractivity contribution in [3.63, 3.8) is 0 Å². The third-order valence-electron chi connectivity index (χ3n) is 6.52. The molecule has 17 heteroatoms. The fraction of sp³-hybridized carbons (Fsp3) is 0.400. The molecule has 0 radical (unpaired) electrons. The number of carbonyl (C=O) groups excluding carboxylic acids is 2. The number of urea groups is 1. The Labute approximate surface area is 236 Å². The number of nitrogens with one attached hydrogen (secondary N) is 1. The van der Waals surface area contributed by atoms with Gasteiger partial charge in [0, 0.05) is 35.7 Å². The molecule has 228 valence electrons. The summed E-state index contributed by atoms with van der Waals surface area (Å²) in [6.45, 7) is -0.694. The van der Waals surface area contributed by atoms with E-state index in [2.05, 4.69) is 5.16 Å². The molecule has 2 aliphatic rings. The third kappa shape index (κ3) is 6.37. The van der Waals surface area contributed by atoms with Gasteiger partial charge in [0.25, 0.3) is 11.5 Å². The SMILES string of the molecule is Cc1cc(Cl)cc(C2(C(F)(F)F)CC(c3ccc(C(=O)NN4CCCN(CC(F)(F)F)C4=O)c(C(F)(F)F)c3)=NO2)c1. The van der Waals surface area contributed by atoms with Gasteiger partial charge in [0.1, 0.15) is 6.54 Å². The monoisotopic (exact) mass is 630 g/mol. The van der Waals surface area contributed by atoms with Gasteiger partial charge in [-0.2, -0.15) is 39.5 Å². The fourth-order valence-electron chi connectivity index (χ4n) is 4.62. The van der Waals surface area contributed by atoms with Gasteiger partial charge in [-0.15, -0.1) is 0 Å². The van der Waals surface area contributed by atoms with Gasteiger partial charge in [-0.25, -0.2) is 9.80 Å². The molecule has 0 saturated carbocycles. The first kappa shape index (κ1) is 31.3. The number of hydrogen-bond donors (Lipinski definition) is 1. The molecular formula is C25H20ClF9N4O3. The molecule has 4 rings (SSSR count). The molecule has 1 N–H and O–H groups in total. The average Bonchev–Trinajstić information content (AvgIpc) is 3.31. The summed E-state index contributed by atoms with van der Waals surface area (Å²) in [5.41, 5.74) is -4.77. The minimum absolute atomic E-state index is 0.0138. The number of rotatable bonds is 5. The maximum Gasteiger partial charge on any atom is 0.435 e. The summed E-state index contributed by atoms with van der Waals surface area (Å²) in [6, 6.07) is 4.27. The molecule has 0 aromatic heterocycles. The highest BCUT2D eigenvalue weighted by Crippen LogP contribution is 2.49. The van der Waals surface area contributed by atoms with Gasteiger partial charge in [0.05, 0.1) is 16.8 Å². The Kier molecular flexibility index (Phi) is 8.08. The van der Waals surface area contributed by atoms with Crippen LogP contribution in [0.2, 0.25) is 5.02 Å². The molecule has 42 heavy (non-hydrogen) atoms. The molecule has 2 heterocycles. The Balaban J connectivity index is 1.62. The summed E-state index contributed by atoms with van der Waals surface area (Å²) < 4.78 is 123. The van der Waals surface area contributed by atoms with Gasteiger partial charge in [-0.1, -0.05) is 28.9 Å². The van der Waals surface area contributed by atoms with Crippen molar-refractivity contribution < 1.29 is 53.9 Å². The van der Waals surface area contributed by atoms with Gasteiger partial charge < -0.3 is 9.74 Å². The highest BCUT2D eigenvalue weighted by atomic mass is 35.5. The Morgan fingerprint density at radius 3 is 2.33 bits per heavy atom. The Morgan fingerprint density at radius 1 is 1.05 bits per heavy atom. The fourth-order valence-corrected chi connectivity index (χ4v) is 4.91. The van der Waals surface area contributed by atoms with Crippen molar-refractivity contribution in [2.45, 2.75) is 43.9 Å². The Hall–Kier alpha value is -3.69. The standard InChI is InChI=1S/C25H20ClF9N4O3/c1-13-7-15(10-16(26)8-13)22(25(33,34)35)11-19(37-42-22)14-3-4-17(18(9-14)24(30,31)32)20(40)36-39-6-2-5-38(21(39)41)12-23(27,28)29/h3-4,7-10H,2,5-6,11-12H2,1H3,(H,36,40). The minimum atomic E-state index is -5.21. The molecule has 0 aliphatic carbocycles. The van der Waals surface area contributed by atoms with Gasteiger partial charge in [0.15, 0.2) is 0 Å². The molecule has 3 amide bonds.